The van der Waals surface area contributed by atoms with Gasteiger partial charge in [0.2, 0.25) is 9.84 Å². The number of hydrogen-bond acceptors (Lipinski definition) is 7. The second kappa shape index (κ2) is 7.29. The average Bonchev–Trinajstić information content (AvgIpc) is 3.08. The summed E-state index contributed by atoms with van der Waals surface area (Å²) in [5.74, 6) is -0.0561. The van der Waals surface area contributed by atoms with E-state index < -0.39 is 9.84 Å². The van der Waals surface area contributed by atoms with Gasteiger partial charge in [-0.1, -0.05) is 30.3 Å². The highest BCUT2D eigenvalue weighted by Gasteiger charge is 2.30. The maximum absolute atomic E-state index is 13.5. The van der Waals surface area contributed by atoms with Crippen molar-refractivity contribution in [3.8, 4) is 0 Å². The summed E-state index contributed by atoms with van der Waals surface area (Å²) < 4.78 is 28.3. The van der Waals surface area contributed by atoms with Gasteiger partial charge in [0, 0.05) is 12.4 Å². The van der Waals surface area contributed by atoms with E-state index in [0.29, 0.717) is 11.0 Å². The van der Waals surface area contributed by atoms with Crippen LogP contribution in [0.2, 0.25) is 0 Å². The van der Waals surface area contributed by atoms with Crippen LogP contribution in [-0.2, 0) is 9.84 Å². The van der Waals surface area contributed by atoms with E-state index in [1.807, 2.05) is 12.1 Å². The Morgan fingerprint density at radius 1 is 0.871 bits per heavy atom. The van der Waals surface area contributed by atoms with Crippen LogP contribution in [0.4, 0.5) is 5.82 Å². The number of benzene rings is 2. The van der Waals surface area contributed by atoms with Crippen molar-refractivity contribution in [1.82, 2.24) is 19.6 Å². The number of nitrogens with zero attached hydrogens (tertiary/aromatic N) is 5. The molecule has 0 bridgehead atoms. The van der Waals surface area contributed by atoms with Gasteiger partial charge in [0.05, 0.1) is 22.1 Å². The molecule has 2 aromatic carbocycles. The summed E-state index contributed by atoms with van der Waals surface area (Å²) in [4.78, 5) is 13.2. The van der Waals surface area contributed by atoms with E-state index in [9.17, 15) is 8.42 Å². The van der Waals surface area contributed by atoms with Crippen LogP contribution in [0.15, 0.2) is 94.0 Å². The lowest BCUT2D eigenvalue weighted by molar-refractivity contribution is 0.597. The molecule has 0 fully saturated rings. The summed E-state index contributed by atoms with van der Waals surface area (Å²) in [7, 11) is -3.96. The Morgan fingerprint density at radius 2 is 1.52 bits per heavy atom. The fraction of sp³-hybridized carbons (Fsp3) is 0. The molecule has 5 aromatic rings. The number of aromatic nitrogens is 4. The maximum Gasteiger partial charge on any atom is 0.212 e. The predicted octanol–water partition coefficient (Wildman–Crippen LogP) is 3.28. The van der Waals surface area contributed by atoms with Crippen LogP contribution in [0.1, 0.15) is 5.56 Å². The van der Waals surface area contributed by atoms with Crippen molar-refractivity contribution in [2.24, 2.45) is 5.10 Å². The van der Waals surface area contributed by atoms with Crippen molar-refractivity contribution < 1.29 is 8.42 Å². The van der Waals surface area contributed by atoms with Gasteiger partial charge >= 0.3 is 0 Å². The smallest absolute Gasteiger partial charge is 0.212 e. The first kappa shape index (κ1) is 18.9. The fourth-order valence-corrected chi connectivity index (χ4v) is 4.80. The van der Waals surface area contributed by atoms with Crippen LogP contribution in [0.3, 0.4) is 0 Å². The van der Waals surface area contributed by atoms with Gasteiger partial charge in [-0.25, -0.2) is 18.4 Å². The van der Waals surface area contributed by atoms with Gasteiger partial charge in [0.25, 0.3) is 0 Å². The predicted molar refractivity (Wildman–Crippen MR) is 119 cm³/mol. The molecule has 0 aliphatic heterocycles. The molecule has 0 aliphatic carbocycles. The Kier molecular flexibility index (Phi) is 4.45. The molecule has 2 N–H and O–H groups in total. The normalized spacial score (nSPS) is 12.1. The number of rotatable bonds is 4. The second-order valence-corrected chi connectivity index (χ2v) is 8.64. The van der Waals surface area contributed by atoms with Crippen LogP contribution in [0.25, 0.3) is 22.2 Å². The average molecular weight is 428 g/mol. The molecule has 0 spiro atoms. The highest BCUT2D eigenvalue weighted by atomic mass is 32.2. The monoisotopic (exact) mass is 428 g/mol. The third-order valence-electron chi connectivity index (χ3n) is 4.78. The van der Waals surface area contributed by atoms with Crippen LogP contribution >= 0.6 is 0 Å². The molecule has 0 saturated carbocycles. The number of sulfone groups is 1. The van der Waals surface area contributed by atoms with Crippen molar-refractivity contribution in [2.45, 2.75) is 9.79 Å². The van der Waals surface area contributed by atoms with Crippen LogP contribution in [0, 0.1) is 0 Å². The molecule has 8 nitrogen and oxygen atoms in total. The molecule has 0 radical (unpaired) electrons. The lowest BCUT2D eigenvalue weighted by Crippen LogP contribution is -2.06. The molecule has 0 unspecified atom stereocenters. The molecule has 3 aromatic heterocycles. The molecule has 5 rings (SSSR count). The first-order valence-corrected chi connectivity index (χ1v) is 10.9. The van der Waals surface area contributed by atoms with E-state index >= 15 is 0 Å². The quantitative estimate of drug-likeness (QED) is 0.439. The zero-order valence-corrected chi connectivity index (χ0v) is 16.9. The van der Waals surface area contributed by atoms with Crippen molar-refractivity contribution in [1.29, 1.82) is 0 Å². The molecule has 0 aliphatic rings. The largest absolute Gasteiger partial charge is 0.382 e. The number of nitrogen functional groups attached to an aromatic ring is 1. The first-order valence-electron chi connectivity index (χ1n) is 9.37. The van der Waals surface area contributed by atoms with Crippen LogP contribution < -0.4 is 5.73 Å². The number of pyridine rings is 1. The highest BCUT2D eigenvalue weighted by Crippen LogP contribution is 2.35. The number of anilines is 1. The minimum atomic E-state index is -3.96. The second-order valence-electron chi connectivity index (χ2n) is 6.75. The minimum absolute atomic E-state index is 0.0561. The van der Waals surface area contributed by atoms with Gasteiger partial charge in [0.1, 0.15) is 16.2 Å². The number of hydrogen-bond donors (Lipinski definition) is 1. The van der Waals surface area contributed by atoms with Gasteiger partial charge in [-0.15, -0.1) is 0 Å². The molecule has 0 saturated heterocycles. The van der Waals surface area contributed by atoms with Crippen LogP contribution in [-0.4, -0.2) is 34.3 Å². The summed E-state index contributed by atoms with van der Waals surface area (Å²) in [5.41, 5.74) is 8.73. The van der Waals surface area contributed by atoms with E-state index in [4.69, 9.17) is 5.73 Å². The third-order valence-corrected chi connectivity index (χ3v) is 6.61. The summed E-state index contributed by atoms with van der Waals surface area (Å²) in [6.07, 6.45) is 4.83. The van der Waals surface area contributed by atoms with E-state index in [1.54, 1.807) is 61.1 Å². The standard InChI is InChI=1S/C22H16N6O2S/c23-21-20(31(29,30)16-6-2-1-3-7-16)19-22(27-18-9-5-4-8-17(18)26-19)28(21)25-14-15-10-12-24-13-11-15/h1-14H,23H2/b25-14+. The Labute approximate surface area is 177 Å². The topological polar surface area (TPSA) is 116 Å². The Hall–Kier alpha value is -4.11. The van der Waals surface area contributed by atoms with Gasteiger partial charge in [-0.3, -0.25) is 4.98 Å². The van der Waals surface area contributed by atoms with Crippen molar-refractivity contribution in [2.75, 3.05) is 5.73 Å². The molecular weight excluding hydrogens is 412 g/mol. The number of fused-ring (bicyclic) bond motifs is 2. The van der Waals surface area contributed by atoms with Crippen molar-refractivity contribution in [3.63, 3.8) is 0 Å². The zero-order valence-electron chi connectivity index (χ0n) is 16.1. The minimum Gasteiger partial charge on any atom is -0.382 e. The van der Waals surface area contributed by atoms with Crippen molar-refractivity contribution in [3.05, 3.63) is 84.7 Å². The van der Waals surface area contributed by atoms with E-state index in [0.717, 1.165) is 5.56 Å². The third kappa shape index (κ3) is 3.21. The molecule has 9 heteroatoms. The molecule has 0 atom stereocenters. The van der Waals surface area contributed by atoms with Gasteiger partial charge < -0.3 is 5.73 Å². The number of para-hydroxylation sites is 2. The zero-order chi connectivity index (χ0) is 21.4. The Morgan fingerprint density at radius 3 is 2.23 bits per heavy atom. The lowest BCUT2D eigenvalue weighted by atomic mass is 10.3. The summed E-state index contributed by atoms with van der Waals surface area (Å²) in [5, 5.41) is 4.41. The molecule has 3 heterocycles. The molecule has 0 amide bonds. The molecular formula is C22H16N6O2S. The van der Waals surface area contributed by atoms with Gasteiger partial charge in [-0.05, 0) is 42.0 Å². The lowest BCUT2D eigenvalue weighted by Gasteiger charge is -2.04. The van der Waals surface area contributed by atoms with Gasteiger partial charge in [-0.2, -0.15) is 9.78 Å². The van der Waals surface area contributed by atoms with E-state index in [-0.39, 0.29) is 26.8 Å². The fourth-order valence-electron chi connectivity index (χ4n) is 3.30. The molecule has 31 heavy (non-hydrogen) atoms. The van der Waals surface area contributed by atoms with E-state index in [1.165, 1.54) is 16.8 Å². The molecule has 152 valence electrons. The van der Waals surface area contributed by atoms with Crippen molar-refractivity contribution >= 4 is 44.1 Å². The summed E-state index contributed by atoms with van der Waals surface area (Å²) >= 11 is 0. The highest BCUT2D eigenvalue weighted by molar-refractivity contribution is 7.92. The summed E-state index contributed by atoms with van der Waals surface area (Å²) in [6, 6.07) is 18.9. The maximum atomic E-state index is 13.5. The first-order chi connectivity index (χ1) is 15.1. The number of nitrogens with two attached hydrogens (primary N) is 1. The Balaban J connectivity index is 1.82. The van der Waals surface area contributed by atoms with Gasteiger partial charge in [0.15, 0.2) is 5.65 Å². The van der Waals surface area contributed by atoms with E-state index in [2.05, 4.69) is 20.1 Å². The Bertz CT molecular complexity index is 1550. The SMILES string of the molecule is Nc1c(S(=O)(=O)c2ccccc2)c2nc3ccccc3nc2n1/N=C/c1ccncc1. The van der Waals surface area contributed by atoms with Crippen LogP contribution in [0.5, 0.6) is 0 Å². The summed E-state index contributed by atoms with van der Waals surface area (Å²) in [6.45, 7) is 0.